The summed E-state index contributed by atoms with van der Waals surface area (Å²) in [4.78, 5) is 35.4. The lowest BCUT2D eigenvalue weighted by Crippen LogP contribution is -2.27. The topological polar surface area (TPSA) is 75.8 Å². The molecule has 0 radical (unpaired) electrons. The Morgan fingerprint density at radius 3 is 2.52 bits per heavy atom. The van der Waals surface area contributed by atoms with E-state index in [4.69, 9.17) is 4.42 Å². The number of likely N-dealkylation sites (N-methyl/N-ethyl adjacent to an activating group) is 1. The zero-order chi connectivity index (χ0) is 18.1. The van der Waals surface area contributed by atoms with E-state index in [1.165, 1.54) is 0 Å². The van der Waals surface area contributed by atoms with Gasteiger partial charge in [-0.15, -0.1) is 0 Å². The summed E-state index contributed by atoms with van der Waals surface area (Å²) in [7, 11) is 3.84. The van der Waals surface area contributed by atoms with Crippen molar-refractivity contribution >= 4 is 49.1 Å². The van der Waals surface area contributed by atoms with Crippen molar-refractivity contribution in [1.29, 1.82) is 0 Å². The number of fused-ring (bicyclic) bond motifs is 1. The lowest BCUT2D eigenvalue weighted by atomic mass is 9.97. The van der Waals surface area contributed by atoms with Crippen LogP contribution in [0.2, 0.25) is 0 Å². The maximum atomic E-state index is 12.6. The van der Waals surface area contributed by atoms with Crippen LogP contribution in [0.25, 0.3) is 11.5 Å². The molecule has 0 saturated heterocycles. The van der Waals surface area contributed by atoms with Crippen LogP contribution in [0.4, 0.5) is 0 Å². The number of nitrogens with zero attached hydrogens (tertiary/aromatic N) is 3. The van der Waals surface area contributed by atoms with E-state index in [1.807, 2.05) is 37.2 Å². The number of aromatic nitrogens is 1. The van der Waals surface area contributed by atoms with E-state index < -0.39 is 0 Å². The van der Waals surface area contributed by atoms with Crippen molar-refractivity contribution < 1.29 is 14.0 Å². The fourth-order valence-electron chi connectivity index (χ4n) is 2.42. The van der Waals surface area contributed by atoms with Gasteiger partial charge in [0.05, 0.1) is 18.7 Å². The zero-order valence-electron chi connectivity index (χ0n) is 13.7. The number of aliphatic imine (C=N–C) groups is 1. The van der Waals surface area contributed by atoms with Crippen LogP contribution in [0.1, 0.15) is 27.5 Å². The Balaban J connectivity index is 1.95. The molecule has 0 amide bonds. The normalized spacial score (nSPS) is 16.0. The Hall–Kier alpha value is -1.64. The van der Waals surface area contributed by atoms with Gasteiger partial charge in [0.1, 0.15) is 0 Å². The first-order valence-corrected chi connectivity index (χ1v) is 9.17. The Morgan fingerprint density at radius 1 is 1.20 bits per heavy atom. The molecule has 0 aliphatic heterocycles. The molecule has 6 nitrogen and oxygen atoms in total. The minimum atomic E-state index is -0.360. The van der Waals surface area contributed by atoms with Gasteiger partial charge in [-0.05, 0) is 32.3 Å². The number of ketones is 2. The van der Waals surface area contributed by atoms with E-state index in [-0.39, 0.29) is 41.0 Å². The van der Waals surface area contributed by atoms with Crippen molar-refractivity contribution in [3.8, 4) is 11.5 Å². The van der Waals surface area contributed by atoms with Crippen LogP contribution in [0.5, 0.6) is 0 Å². The van der Waals surface area contributed by atoms with Gasteiger partial charge in [-0.1, -0.05) is 31.9 Å². The van der Waals surface area contributed by atoms with Crippen molar-refractivity contribution in [2.24, 2.45) is 4.99 Å². The third-order valence-electron chi connectivity index (χ3n) is 3.65. The molecule has 0 fully saturated rings. The highest BCUT2D eigenvalue weighted by molar-refractivity contribution is 9.11. The molecule has 0 unspecified atom stereocenters. The second-order valence-electron chi connectivity index (χ2n) is 5.92. The molecule has 2 aromatic rings. The fourth-order valence-corrected chi connectivity index (χ4v) is 3.72. The SMILES string of the molecule is CN(C)CCN=C1CC(=O)c2nc(-c3cc(Br)cc(Br)c3)oc2C1=O. The maximum absolute atomic E-state index is 12.6. The molecule has 0 saturated carbocycles. The molecule has 0 atom stereocenters. The summed E-state index contributed by atoms with van der Waals surface area (Å²) in [6.07, 6.45) is -0.0343. The van der Waals surface area contributed by atoms with E-state index >= 15 is 0 Å². The third kappa shape index (κ3) is 3.96. The lowest BCUT2D eigenvalue weighted by Gasteiger charge is -2.10. The van der Waals surface area contributed by atoms with Gasteiger partial charge in [0.15, 0.2) is 11.5 Å². The Bertz CT molecular complexity index is 867. The zero-order valence-corrected chi connectivity index (χ0v) is 16.8. The van der Waals surface area contributed by atoms with Gasteiger partial charge in [0, 0.05) is 21.1 Å². The van der Waals surface area contributed by atoms with Gasteiger partial charge < -0.3 is 9.32 Å². The molecule has 25 heavy (non-hydrogen) atoms. The molecule has 130 valence electrons. The van der Waals surface area contributed by atoms with Gasteiger partial charge in [0.25, 0.3) is 0 Å². The van der Waals surface area contributed by atoms with Crippen LogP contribution >= 0.6 is 31.9 Å². The first-order chi connectivity index (χ1) is 11.8. The average Bonchev–Trinajstić information content (AvgIpc) is 2.97. The molecule has 1 aliphatic carbocycles. The van der Waals surface area contributed by atoms with Crippen LogP contribution in [-0.2, 0) is 0 Å². The molecular weight excluding hydrogens is 454 g/mol. The van der Waals surface area contributed by atoms with E-state index in [0.29, 0.717) is 18.7 Å². The van der Waals surface area contributed by atoms with E-state index in [0.717, 1.165) is 8.95 Å². The van der Waals surface area contributed by atoms with Crippen LogP contribution < -0.4 is 0 Å². The molecule has 0 N–H and O–H groups in total. The minimum absolute atomic E-state index is 0.0223. The number of hydrogen-bond acceptors (Lipinski definition) is 6. The van der Waals surface area contributed by atoms with E-state index in [1.54, 1.807) is 0 Å². The van der Waals surface area contributed by atoms with Crippen molar-refractivity contribution in [1.82, 2.24) is 9.88 Å². The predicted molar refractivity (Wildman–Crippen MR) is 101 cm³/mol. The molecule has 3 rings (SSSR count). The summed E-state index contributed by atoms with van der Waals surface area (Å²) in [6, 6.07) is 5.49. The van der Waals surface area contributed by atoms with Gasteiger partial charge in [0.2, 0.25) is 17.4 Å². The quantitative estimate of drug-likeness (QED) is 0.684. The largest absolute Gasteiger partial charge is 0.432 e. The predicted octanol–water partition coefficient (Wildman–Crippen LogP) is 3.64. The minimum Gasteiger partial charge on any atom is -0.432 e. The molecule has 8 heteroatoms. The number of halogens is 2. The molecule has 0 spiro atoms. The first-order valence-electron chi connectivity index (χ1n) is 7.58. The highest BCUT2D eigenvalue weighted by Gasteiger charge is 2.35. The van der Waals surface area contributed by atoms with Gasteiger partial charge in [-0.25, -0.2) is 4.98 Å². The van der Waals surface area contributed by atoms with E-state index in [2.05, 4.69) is 41.8 Å². The number of carbonyl (C=O) groups excluding carboxylic acids is 2. The number of carbonyl (C=O) groups is 2. The molecular formula is C17H15Br2N3O3. The summed E-state index contributed by atoms with van der Waals surface area (Å²) in [5, 5.41) is 0. The van der Waals surface area contributed by atoms with Crippen molar-refractivity contribution in [2.45, 2.75) is 6.42 Å². The Morgan fingerprint density at radius 2 is 1.88 bits per heavy atom. The smallest absolute Gasteiger partial charge is 0.244 e. The van der Waals surface area contributed by atoms with Gasteiger partial charge >= 0.3 is 0 Å². The Labute approximate surface area is 161 Å². The average molecular weight is 469 g/mol. The molecule has 0 bridgehead atoms. The molecule has 1 aromatic carbocycles. The maximum Gasteiger partial charge on any atom is 0.244 e. The second kappa shape index (κ2) is 7.31. The Kier molecular flexibility index (Phi) is 5.31. The van der Waals surface area contributed by atoms with Crippen LogP contribution in [-0.4, -0.2) is 54.3 Å². The van der Waals surface area contributed by atoms with Crippen molar-refractivity contribution in [2.75, 3.05) is 27.2 Å². The number of rotatable bonds is 4. The van der Waals surface area contributed by atoms with Crippen LogP contribution in [0.15, 0.2) is 36.6 Å². The second-order valence-corrected chi connectivity index (χ2v) is 7.75. The van der Waals surface area contributed by atoms with Crippen molar-refractivity contribution in [3.63, 3.8) is 0 Å². The van der Waals surface area contributed by atoms with Crippen LogP contribution in [0, 0.1) is 0 Å². The fraction of sp³-hybridized carbons (Fsp3) is 0.294. The highest BCUT2D eigenvalue weighted by Crippen LogP contribution is 2.30. The summed E-state index contributed by atoms with van der Waals surface area (Å²) in [5.41, 5.74) is 0.988. The van der Waals surface area contributed by atoms with Gasteiger partial charge in [-0.2, -0.15) is 0 Å². The number of Topliss-reactive ketones (excluding diaryl/α,β-unsaturated/α-hetero) is 2. The summed E-state index contributed by atoms with van der Waals surface area (Å²) in [6.45, 7) is 1.15. The highest BCUT2D eigenvalue weighted by atomic mass is 79.9. The lowest BCUT2D eigenvalue weighted by molar-refractivity contribution is 0.0949. The molecule has 1 heterocycles. The number of oxazole rings is 1. The monoisotopic (exact) mass is 467 g/mol. The molecule has 1 aromatic heterocycles. The van der Waals surface area contributed by atoms with Gasteiger partial charge in [-0.3, -0.25) is 14.6 Å². The van der Waals surface area contributed by atoms with Crippen LogP contribution in [0.3, 0.4) is 0 Å². The summed E-state index contributed by atoms with van der Waals surface area (Å²) >= 11 is 6.80. The standard InChI is InChI=1S/C17H15Br2N3O3/c1-22(2)4-3-20-12-8-13(23)14-16(15(12)24)25-17(21-14)9-5-10(18)7-11(19)6-9/h5-7H,3-4,8H2,1-2H3. The number of hydrogen-bond donors (Lipinski definition) is 0. The molecule has 1 aliphatic rings. The first kappa shape index (κ1) is 18.2. The summed E-state index contributed by atoms with van der Waals surface area (Å²) < 4.78 is 7.29. The number of benzene rings is 1. The third-order valence-corrected chi connectivity index (χ3v) is 4.56. The van der Waals surface area contributed by atoms with Crippen molar-refractivity contribution in [3.05, 3.63) is 38.6 Å². The van der Waals surface area contributed by atoms with E-state index in [9.17, 15) is 9.59 Å². The summed E-state index contributed by atoms with van der Waals surface area (Å²) in [5.74, 6) is -0.391.